The lowest BCUT2D eigenvalue weighted by atomic mass is 10.0. The highest BCUT2D eigenvalue weighted by molar-refractivity contribution is 8.00. The highest BCUT2D eigenvalue weighted by Gasteiger charge is 2.42. The first-order valence-corrected chi connectivity index (χ1v) is 11.6. The van der Waals surface area contributed by atoms with Crippen molar-refractivity contribution in [3.8, 4) is 0 Å². The molecule has 3 amide bonds. The molecule has 0 saturated carbocycles. The van der Waals surface area contributed by atoms with Gasteiger partial charge in [-0.3, -0.25) is 4.79 Å². The van der Waals surface area contributed by atoms with E-state index in [1.165, 1.54) is 6.20 Å². The Kier molecular flexibility index (Phi) is 6.87. The molecule has 3 rings (SSSR count). The predicted octanol–water partition coefficient (Wildman–Crippen LogP) is 0.671. The second kappa shape index (κ2) is 9.37. The third-order valence-electron chi connectivity index (χ3n) is 4.80. The molecule has 0 bridgehead atoms. The molecule has 3 atom stereocenters. The molecular weight excluding hydrogens is 420 g/mol. The van der Waals surface area contributed by atoms with Crippen LogP contribution < -0.4 is 16.0 Å². The maximum atomic E-state index is 11.9. The highest BCUT2D eigenvalue weighted by atomic mass is 32.2. The van der Waals surface area contributed by atoms with Gasteiger partial charge in [0, 0.05) is 41.5 Å². The van der Waals surface area contributed by atoms with Gasteiger partial charge in [0.1, 0.15) is 6.33 Å². The van der Waals surface area contributed by atoms with Crippen molar-refractivity contribution in [2.24, 2.45) is 4.52 Å². The van der Waals surface area contributed by atoms with Gasteiger partial charge in [-0.25, -0.2) is 13.8 Å². The summed E-state index contributed by atoms with van der Waals surface area (Å²) in [7, 11) is -4.12. The molecule has 1 aromatic heterocycles. The number of hydrogen-bond acceptors (Lipinski definition) is 6. The van der Waals surface area contributed by atoms with Crippen LogP contribution in [0.4, 0.5) is 4.79 Å². The number of nitrogens with one attached hydrogen (secondary N) is 3. The van der Waals surface area contributed by atoms with Crippen molar-refractivity contribution in [2.75, 3.05) is 12.3 Å². The second-order valence-corrected chi connectivity index (χ2v) is 9.56. The monoisotopic (exact) mass is 442 g/mol. The normalized spacial score (nSPS) is 23.0. The number of thioether (sulfide) groups is 1. The summed E-state index contributed by atoms with van der Waals surface area (Å²) in [5, 5.41) is 9.04. The molecular formula is C15H22N8O4S2. The lowest BCUT2D eigenvalue weighted by molar-refractivity contribution is -0.121. The summed E-state index contributed by atoms with van der Waals surface area (Å²) < 4.78 is 26.6. The molecule has 14 heteroatoms. The van der Waals surface area contributed by atoms with E-state index in [1.54, 1.807) is 0 Å². The summed E-state index contributed by atoms with van der Waals surface area (Å²) in [6, 6.07) is 0.305. The summed E-state index contributed by atoms with van der Waals surface area (Å²) in [5.74, 6) is 0.855. The van der Waals surface area contributed by atoms with E-state index in [-0.39, 0.29) is 24.0 Å². The number of hydrogen-bond donors (Lipinski definition) is 3. The number of carbonyl (C=O) groups is 2. The van der Waals surface area contributed by atoms with Gasteiger partial charge in [0.15, 0.2) is 0 Å². The number of rotatable bonds is 10. The Bertz CT molecular complexity index is 911. The Morgan fingerprint density at radius 3 is 3.07 bits per heavy atom. The van der Waals surface area contributed by atoms with Crippen molar-refractivity contribution in [2.45, 2.75) is 49.4 Å². The van der Waals surface area contributed by atoms with E-state index >= 15 is 0 Å². The summed E-state index contributed by atoms with van der Waals surface area (Å²) in [6.45, 7) is 0.331. The van der Waals surface area contributed by atoms with Gasteiger partial charge in [-0.1, -0.05) is 6.42 Å². The van der Waals surface area contributed by atoms with Crippen LogP contribution in [-0.4, -0.2) is 58.9 Å². The van der Waals surface area contributed by atoms with Gasteiger partial charge in [-0.05, 0) is 18.4 Å². The lowest BCUT2D eigenvalue weighted by Gasteiger charge is -2.16. The van der Waals surface area contributed by atoms with Gasteiger partial charge in [0.2, 0.25) is 5.91 Å². The zero-order chi connectivity index (χ0) is 20.9. The van der Waals surface area contributed by atoms with E-state index in [0.29, 0.717) is 30.3 Å². The molecule has 3 N–H and O–H groups in total. The number of urea groups is 1. The quantitative estimate of drug-likeness (QED) is 0.158. The van der Waals surface area contributed by atoms with Crippen molar-refractivity contribution in [3.05, 3.63) is 28.7 Å². The zero-order valence-electron chi connectivity index (χ0n) is 15.5. The number of fused-ring (bicyclic) bond motifs is 1. The summed E-state index contributed by atoms with van der Waals surface area (Å²) >= 11 is 1.86. The molecule has 29 heavy (non-hydrogen) atoms. The lowest BCUT2D eigenvalue weighted by Crippen LogP contribution is -2.36. The molecule has 0 aliphatic carbocycles. The van der Waals surface area contributed by atoms with Crippen molar-refractivity contribution in [3.63, 3.8) is 0 Å². The Hall–Kier alpha value is -2.44. The first-order chi connectivity index (χ1) is 13.9. The van der Waals surface area contributed by atoms with Crippen molar-refractivity contribution in [1.29, 1.82) is 0 Å². The SMILES string of the molecule is [N-]=[N+]=NS(=O)(=O)n1cnc(CCNC(=O)CCCC[C@@H]2SC[C@@H]3NC(=O)N[C@@H]32)c1. The van der Waals surface area contributed by atoms with Crippen LogP contribution in [0.3, 0.4) is 0 Å². The van der Waals surface area contributed by atoms with Gasteiger partial charge in [-0.2, -0.15) is 20.2 Å². The molecule has 2 aliphatic heterocycles. The molecule has 12 nitrogen and oxygen atoms in total. The Morgan fingerprint density at radius 1 is 1.45 bits per heavy atom. The zero-order valence-corrected chi connectivity index (χ0v) is 17.2. The summed E-state index contributed by atoms with van der Waals surface area (Å²) in [5.41, 5.74) is 8.71. The molecule has 158 valence electrons. The largest absolute Gasteiger partial charge is 0.356 e. The average Bonchev–Trinajstić information content (AvgIpc) is 3.35. The van der Waals surface area contributed by atoms with E-state index in [9.17, 15) is 18.0 Å². The van der Waals surface area contributed by atoms with E-state index in [4.69, 9.17) is 5.53 Å². The molecule has 2 fully saturated rings. The molecule has 1 aromatic rings. The predicted molar refractivity (Wildman–Crippen MR) is 106 cm³/mol. The van der Waals surface area contributed by atoms with Crippen LogP contribution in [-0.2, 0) is 21.4 Å². The van der Waals surface area contributed by atoms with Crippen LogP contribution >= 0.6 is 11.8 Å². The van der Waals surface area contributed by atoms with Crippen LogP contribution in [0.5, 0.6) is 0 Å². The summed E-state index contributed by atoms with van der Waals surface area (Å²) in [4.78, 5) is 29.5. The van der Waals surface area contributed by atoms with E-state index < -0.39 is 10.2 Å². The minimum Gasteiger partial charge on any atom is -0.356 e. The van der Waals surface area contributed by atoms with Crippen molar-refractivity contribution < 1.29 is 18.0 Å². The second-order valence-electron chi connectivity index (χ2n) is 6.81. The number of aromatic nitrogens is 2. The fourth-order valence-electron chi connectivity index (χ4n) is 3.38. The van der Waals surface area contributed by atoms with Crippen LogP contribution in [0.15, 0.2) is 17.0 Å². The third-order valence-corrected chi connectivity index (χ3v) is 7.32. The fraction of sp³-hybridized carbons (Fsp3) is 0.667. The number of carbonyl (C=O) groups excluding carboxylic acids is 2. The van der Waals surface area contributed by atoms with Crippen LogP contribution in [0.2, 0.25) is 0 Å². The number of azide groups is 1. The number of nitrogens with zero attached hydrogens (tertiary/aromatic N) is 5. The van der Waals surface area contributed by atoms with Crippen LogP contribution in [0.1, 0.15) is 31.4 Å². The van der Waals surface area contributed by atoms with Crippen molar-refractivity contribution >= 4 is 33.9 Å². The first-order valence-electron chi connectivity index (χ1n) is 9.19. The van der Waals surface area contributed by atoms with Crippen molar-refractivity contribution in [1.82, 2.24) is 24.9 Å². The van der Waals surface area contributed by atoms with Gasteiger partial charge in [0.05, 0.1) is 22.3 Å². The van der Waals surface area contributed by atoms with Gasteiger partial charge in [-0.15, -0.1) is 0 Å². The van der Waals surface area contributed by atoms with E-state index in [0.717, 1.165) is 35.3 Å². The van der Waals surface area contributed by atoms with E-state index in [2.05, 4.69) is 30.4 Å². The number of amides is 3. The van der Waals surface area contributed by atoms with Gasteiger partial charge < -0.3 is 16.0 Å². The molecule has 0 radical (unpaired) electrons. The smallest absolute Gasteiger partial charge is 0.329 e. The fourth-order valence-corrected chi connectivity index (χ4v) is 5.52. The molecule has 3 heterocycles. The molecule has 2 saturated heterocycles. The summed E-state index contributed by atoms with van der Waals surface area (Å²) in [6.07, 6.45) is 5.70. The Labute approximate surface area is 172 Å². The molecule has 0 spiro atoms. The number of unbranched alkanes of at least 4 members (excludes halogenated alkanes) is 1. The average molecular weight is 443 g/mol. The first kappa shape index (κ1) is 21.3. The van der Waals surface area contributed by atoms with Crippen LogP contribution in [0.25, 0.3) is 10.4 Å². The standard InChI is InChI=1S/C15H22N8O4S2/c16-21-22-29(26,27)23-7-10(18-9-23)5-6-17-13(24)4-2-1-3-12-14-11(8-28-12)19-15(25)20-14/h7,9,11-12,14H,1-6,8H2,(H,17,24)(H2,19,20,25)/t11-,12-,14-/m0/s1. The molecule has 0 unspecified atom stereocenters. The Balaban J connectivity index is 1.30. The van der Waals surface area contributed by atoms with Crippen LogP contribution in [0, 0.1) is 0 Å². The highest BCUT2D eigenvalue weighted by Crippen LogP contribution is 2.33. The maximum Gasteiger partial charge on any atom is 0.329 e. The third kappa shape index (κ3) is 5.55. The number of imidazole rings is 1. The minimum absolute atomic E-state index is 0.0704. The van der Waals surface area contributed by atoms with Gasteiger partial charge in [0.25, 0.3) is 0 Å². The van der Waals surface area contributed by atoms with E-state index in [1.807, 2.05) is 11.8 Å². The molecule has 2 aliphatic rings. The maximum absolute atomic E-state index is 11.9. The Morgan fingerprint density at radius 2 is 2.28 bits per heavy atom. The topological polar surface area (TPSA) is 171 Å². The van der Waals surface area contributed by atoms with Gasteiger partial charge >= 0.3 is 16.2 Å². The molecule has 0 aromatic carbocycles. The minimum atomic E-state index is -4.12.